The topological polar surface area (TPSA) is 67.9 Å². The first kappa shape index (κ1) is 17.0. The summed E-state index contributed by atoms with van der Waals surface area (Å²) in [6.07, 6.45) is -7.23. The van der Waals surface area contributed by atoms with Crippen molar-refractivity contribution in [2.45, 2.75) is 26.1 Å². The average molecular weight is 343 g/mol. The van der Waals surface area contributed by atoms with Gasteiger partial charge in [-0.25, -0.2) is 4.79 Å². The highest BCUT2D eigenvalue weighted by molar-refractivity contribution is 7.12. The number of nitrogens with zero attached hydrogens (tertiary/aromatic N) is 3. The summed E-state index contributed by atoms with van der Waals surface area (Å²) < 4.78 is 46.2. The van der Waals surface area contributed by atoms with E-state index in [1.165, 1.54) is 37.0 Å². The van der Waals surface area contributed by atoms with E-state index in [-0.39, 0.29) is 27.4 Å². The maximum absolute atomic E-state index is 13.4. The van der Waals surface area contributed by atoms with E-state index in [1.807, 2.05) is 0 Å². The van der Waals surface area contributed by atoms with Gasteiger partial charge in [0.15, 0.2) is 0 Å². The number of rotatable bonds is 3. The zero-order valence-corrected chi connectivity index (χ0v) is 13.2. The minimum atomic E-state index is -4.79. The van der Waals surface area contributed by atoms with Crippen LogP contribution in [0.1, 0.15) is 38.3 Å². The van der Waals surface area contributed by atoms with Crippen LogP contribution in [0.15, 0.2) is 11.4 Å². The highest BCUT2D eigenvalue weighted by atomic mass is 32.1. The molecule has 0 amide bonds. The Morgan fingerprint density at radius 1 is 1.48 bits per heavy atom. The summed E-state index contributed by atoms with van der Waals surface area (Å²) in [5, 5.41) is 14.2. The van der Waals surface area contributed by atoms with E-state index in [1.54, 1.807) is 6.07 Å². The molecule has 2 heterocycles. The average Bonchev–Trinajstić information content (AvgIpc) is 3.01. The maximum atomic E-state index is 13.4. The molecular weight excluding hydrogens is 331 g/mol. The van der Waals surface area contributed by atoms with E-state index in [0.29, 0.717) is 0 Å². The summed E-state index contributed by atoms with van der Waals surface area (Å²) in [6, 6.07) is 3.10. The highest BCUT2D eigenvalue weighted by Gasteiger charge is 2.47. The molecule has 0 saturated carbocycles. The van der Waals surface area contributed by atoms with Crippen LogP contribution >= 0.6 is 11.3 Å². The van der Waals surface area contributed by atoms with Crippen LogP contribution in [0.2, 0.25) is 0 Å². The number of nitriles is 1. The first-order chi connectivity index (χ1) is 10.7. The molecule has 0 bridgehead atoms. The lowest BCUT2D eigenvalue weighted by Crippen LogP contribution is -2.27. The summed E-state index contributed by atoms with van der Waals surface area (Å²) in [4.78, 5) is 11.9. The molecule has 1 unspecified atom stereocenters. The predicted molar refractivity (Wildman–Crippen MR) is 75.9 cm³/mol. The Kier molecular flexibility index (Phi) is 4.47. The summed E-state index contributed by atoms with van der Waals surface area (Å²) in [6.45, 7) is 2.88. The van der Waals surface area contributed by atoms with Crippen LogP contribution in [0.3, 0.4) is 0 Å². The first-order valence-electron chi connectivity index (χ1n) is 6.42. The van der Waals surface area contributed by atoms with Crippen molar-refractivity contribution in [2.75, 3.05) is 0 Å². The number of carbonyl (C=O) groups is 1. The van der Waals surface area contributed by atoms with Crippen LogP contribution in [0.25, 0.3) is 0 Å². The second kappa shape index (κ2) is 6.04. The Hall–Kier alpha value is -2.34. The molecule has 0 aliphatic heterocycles. The third-order valence-corrected chi connectivity index (χ3v) is 4.21. The normalized spacial score (nSPS) is 12.7. The molecule has 5 nitrogen and oxygen atoms in total. The van der Waals surface area contributed by atoms with Crippen molar-refractivity contribution in [2.24, 2.45) is 7.05 Å². The van der Waals surface area contributed by atoms with Crippen molar-refractivity contribution in [3.63, 3.8) is 0 Å². The number of carbonyl (C=O) groups excluding carboxylic acids is 1. The Morgan fingerprint density at radius 3 is 2.61 bits per heavy atom. The molecule has 0 aliphatic rings. The number of esters is 1. The van der Waals surface area contributed by atoms with E-state index in [2.05, 4.69) is 5.10 Å². The largest absolute Gasteiger partial charge is 0.443 e. The van der Waals surface area contributed by atoms with Gasteiger partial charge in [-0.15, -0.1) is 11.3 Å². The van der Waals surface area contributed by atoms with Crippen molar-refractivity contribution in [3.05, 3.63) is 38.8 Å². The number of ether oxygens (including phenoxy) is 1. The first-order valence-corrected chi connectivity index (χ1v) is 7.30. The number of alkyl halides is 3. The molecule has 23 heavy (non-hydrogen) atoms. The fourth-order valence-electron chi connectivity index (χ4n) is 2.17. The fraction of sp³-hybridized carbons (Fsp3) is 0.357. The molecule has 122 valence electrons. The van der Waals surface area contributed by atoms with E-state index in [0.717, 1.165) is 11.3 Å². The Labute approximate surface area is 133 Å². The third kappa shape index (κ3) is 3.22. The zero-order chi connectivity index (χ0) is 17.4. The molecule has 0 aliphatic carbocycles. The maximum Gasteiger partial charge on any atom is 0.430 e. The molecule has 1 atom stereocenters. The number of aromatic nitrogens is 2. The number of hydrogen-bond acceptors (Lipinski definition) is 5. The molecule has 9 heteroatoms. The molecule has 0 N–H and O–H groups in total. The van der Waals surface area contributed by atoms with Gasteiger partial charge < -0.3 is 4.74 Å². The van der Waals surface area contributed by atoms with Crippen LogP contribution in [-0.4, -0.2) is 21.9 Å². The van der Waals surface area contributed by atoms with Gasteiger partial charge in [0, 0.05) is 18.3 Å². The van der Waals surface area contributed by atoms with Gasteiger partial charge in [-0.3, -0.25) is 4.68 Å². The predicted octanol–water partition coefficient (Wildman–Crippen LogP) is 3.43. The molecule has 0 saturated heterocycles. The lowest BCUT2D eigenvalue weighted by molar-refractivity contribution is -0.207. The van der Waals surface area contributed by atoms with E-state index in [9.17, 15) is 18.0 Å². The smallest absolute Gasteiger partial charge is 0.430 e. The summed E-state index contributed by atoms with van der Waals surface area (Å²) in [7, 11) is 1.51. The summed E-state index contributed by atoms with van der Waals surface area (Å²) >= 11 is 0.858. The van der Waals surface area contributed by atoms with Gasteiger partial charge in [-0.05, 0) is 25.3 Å². The lowest BCUT2D eigenvalue weighted by Gasteiger charge is -2.21. The standard InChI is InChI=1S/C14H12F3N3O2S/c1-7-10(8(2)20(3)19-7)12(14(15,16)17)22-13(21)11-9(6-18)4-5-23-11/h4-5,12H,1-3H3. The van der Waals surface area contributed by atoms with Crippen LogP contribution in [0.5, 0.6) is 0 Å². The van der Waals surface area contributed by atoms with Gasteiger partial charge in [0.2, 0.25) is 6.10 Å². The molecule has 2 aromatic heterocycles. The van der Waals surface area contributed by atoms with Crippen LogP contribution in [0.4, 0.5) is 13.2 Å². The van der Waals surface area contributed by atoms with Gasteiger partial charge in [0.25, 0.3) is 0 Å². The molecule has 2 rings (SSSR count). The highest BCUT2D eigenvalue weighted by Crippen LogP contribution is 2.39. The fourth-order valence-corrected chi connectivity index (χ4v) is 2.90. The monoisotopic (exact) mass is 343 g/mol. The minimum absolute atomic E-state index is 0.0134. The number of hydrogen-bond donors (Lipinski definition) is 0. The second-order valence-corrected chi connectivity index (χ2v) is 5.73. The lowest BCUT2D eigenvalue weighted by atomic mass is 10.1. The van der Waals surface area contributed by atoms with Crippen molar-refractivity contribution < 1.29 is 22.7 Å². The Bertz CT molecular complexity index is 786. The van der Waals surface area contributed by atoms with Gasteiger partial charge >= 0.3 is 12.1 Å². The Balaban J connectivity index is 2.42. The van der Waals surface area contributed by atoms with E-state index < -0.39 is 18.2 Å². The minimum Gasteiger partial charge on any atom is -0.443 e. The van der Waals surface area contributed by atoms with Crippen molar-refractivity contribution in [1.29, 1.82) is 5.26 Å². The van der Waals surface area contributed by atoms with Crippen molar-refractivity contribution >= 4 is 17.3 Å². The van der Waals surface area contributed by atoms with Gasteiger partial charge in [-0.2, -0.15) is 23.5 Å². The third-order valence-electron chi connectivity index (χ3n) is 3.32. The van der Waals surface area contributed by atoms with Crippen molar-refractivity contribution in [1.82, 2.24) is 9.78 Å². The van der Waals surface area contributed by atoms with Gasteiger partial charge in [0.05, 0.1) is 11.3 Å². The number of thiophene rings is 1. The number of halogens is 3. The van der Waals surface area contributed by atoms with Gasteiger partial charge in [0.1, 0.15) is 10.9 Å². The van der Waals surface area contributed by atoms with E-state index in [4.69, 9.17) is 10.00 Å². The van der Waals surface area contributed by atoms with Gasteiger partial charge in [-0.1, -0.05) is 0 Å². The SMILES string of the molecule is Cc1nn(C)c(C)c1C(OC(=O)c1sccc1C#N)C(F)(F)F. The summed E-state index contributed by atoms with van der Waals surface area (Å²) in [5.74, 6) is -1.18. The van der Waals surface area contributed by atoms with Crippen molar-refractivity contribution in [3.8, 4) is 6.07 Å². The summed E-state index contributed by atoms with van der Waals surface area (Å²) in [5.41, 5.74) is 0.181. The van der Waals surface area contributed by atoms with Crippen LogP contribution < -0.4 is 0 Å². The molecule has 0 fully saturated rings. The zero-order valence-electron chi connectivity index (χ0n) is 12.4. The molecule has 2 aromatic rings. The van der Waals surface area contributed by atoms with Crippen LogP contribution in [-0.2, 0) is 11.8 Å². The Morgan fingerprint density at radius 2 is 2.13 bits per heavy atom. The van der Waals surface area contributed by atoms with Crippen LogP contribution in [0, 0.1) is 25.2 Å². The molecule has 0 spiro atoms. The molecule has 0 aromatic carbocycles. The number of aryl methyl sites for hydroxylation is 2. The molecular formula is C14H12F3N3O2S. The molecule has 0 radical (unpaired) electrons. The van der Waals surface area contributed by atoms with E-state index >= 15 is 0 Å². The quantitative estimate of drug-likeness (QED) is 0.801. The second-order valence-electron chi connectivity index (χ2n) is 4.81.